The average Bonchev–Trinajstić information content (AvgIpc) is 2.62. The first kappa shape index (κ1) is 18.1. The van der Waals surface area contributed by atoms with Crippen LogP contribution in [0.4, 0.5) is 0 Å². The van der Waals surface area contributed by atoms with Gasteiger partial charge in [0.15, 0.2) is 11.5 Å². The van der Waals surface area contributed by atoms with Crippen molar-refractivity contribution in [1.29, 1.82) is 0 Å². The molecule has 1 aliphatic rings. The predicted octanol–water partition coefficient (Wildman–Crippen LogP) is 4.90. The number of benzene rings is 2. The summed E-state index contributed by atoms with van der Waals surface area (Å²) in [4.78, 5) is 8.40. The lowest BCUT2D eigenvalue weighted by Gasteiger charge is -2.23. The van der Waals surface area contributed by atoms with E-state index in [1.165, 1.54) is 27.1 Å². The van der Waals surface area contributed by atoms with Gasteiger partial charge >= 0.3 is 0 Å². The molecule has 1 aliphatic heterocycles. The minimum atomic E-state index is 0.205. The highest BCUT2D eigenvalue weighted by molar-refractivity contribution is 7.98. The smallest absolute Gasteiger partial charge is 0.163 e. The van der Waals surface area contributed by atoms with Gasteiger partial charge in [0.05, 0.1) is 18.3 Å². The van der Waals surface area contributed by atoms with Gasteiger partial charge in [0.25, 0.3) is 0 Å². The number of aromatic nitrogens is 1. The van der Waals surface area contributed by atoms with Gasteiger partial charge in [-0.05, 0) is 51.2 Å². The Morgan fingerprint density at radius 3 is 2.67 bits per heavy atom. The van der Waals surface area contributed by atoms with Crippen LogP contribution in [0.5, 0.6) is 11.5 Å². The van der Waals surface area contributed by atoms with Crippen molar-refractivity contribution in [3.8, 4) is 22.8 Å². The molecule has 4 nitrogen and oxygen atoms in total. The number of hydrogen-bond donors (Lipinski definition) is 1. The quantitative estimate of drug-likeness (QED) is 0.700. The standard InChI is InChI=1S/C22H24N2O2S/c1-12-6-13(2)22-16(7-12)20-14(11-27-22)8-15-17(10-24(3)4)21(25)19(26-5)9-18(15)23-20/h6-9,25H,10-11H2,1-5H3. The van der Waals surface area contributed by atoms with Gasteiger partial charge in [-0.25, -0.2) is 4.98 Å². The van der Waals surface area contributed by atoms with Gasteiger partial charge in [0.2, 0.25) is 0 Å². The lowest BCUT2D eigenvalue weighted by Crippen LogP contribution is -2.12. The molecule has 0 radical (unpaired) electrons. The first-order valence-electron chi connectivity index (χ1n) is 9.00. The zero-order chi connectivity index (χ0) is 19.3. The average molecular weight is 381 g/mol. The van der Waals surface area contributed by atoms with Gasteiger partial charge in [-0.2, -0.15) is 0 Å². The summed E-state index contributed by atoms with van der Waals surface area (Å²) in [5, 5.41) is 11.7. The van der Waals surface area contributed by atoms with Crippen LogP contribution in [0, 0.1) is 13.8 Å². The molecule has 2 heterocycles. The maximum absolute atomic E-state index is 10.7. The molecule has 0 saturated carbocycles. The number of methoxy groups -OCH3 is 1. The molecular formula is C22H24N2O2S. The van der Waals surface area contributed by atoms with E-state index in [4.69, 9.17) is 9.72 Å². The SMILES string of the molecule is COc1cc2nc3c(cc2c(CN(C)C)c1O)CSc1c(C)cc(C)cc1-3. The van der Waals surface area contributed by atoms with Crippen LogP contribution in [0.25, 0.3) is 22.2 Å². The molecule has 0 spiro atoms. The Balaban J connectivity index is 2.02. The van der Waals surface area contributed by atoms with E-state index in [0.717, 1.165) is 27.9 Å². The second-order valence-corrected chi connectivity index (χ2v) is 8.44. The van der Waals surface area contributed by atoms with Crippen LogP contribution in [0.1, 0.15) is 22.3 Å². The molecule has 3 aromatic rings. The Morgan fingerprint density at radius 2 is 1.96 bits per heavy atom. The molecule has 0 bridgehead atoms. The van der Waals surface area contributed by atoms with Crippen molar-refractivity contribution >= 4 is 22.7 Å². The Morgan fingerprint density at radius 1 is 1.19 bits per heavy atom. The van der Waals surface area contributed by atoms with Gasteiger partial charge in [-0.3, -0.25) is 0 Å². The maximum atomic E-state index is 10.7. The van der Waals surface area contributed by atoms with Crippen molar-refractivity contribution in [2.45, 2.75) is 31.0 Å². The minimum Gasteiger partial charge on any atom is -0.504 e. The number of rotatable bonds is 3. The van der Waals surface area contributed by atoms with E-state index in [1.54, 1.807) is 7.11 Å². The van der Waals surface area contributed by atoms with Crippen molar-refractivity contribution in [3.05, 3.63) is 46.5 Å². The van der Waals surface area contributed by atoms with E-state index in [0.29, 0.717) is 12.3 Å². The second-order valence-electron chi connectivity index (χ2n) is 7.45. The van der Waals surface area contributed by atoms with Gasteiger partial charge in [0, 0.05) is 39.8 Å². The number of ether oxygens (including phenoxy) is 1. The Labute approximate surface area is 164 Å². The number of phenols is 1. The topological polar surface area (TPSA) is 45.6 Å². The van der Waals surface area contributed by atoms with Crippen LogP contribution in [-0.2, 0) is 12.3 Å². The van der Waals surface area contributed by atoms with E-state index in [2.05, 4.69) is 32.0 Å². The fourth-order valence-corrected chi connectivity index (χ4v) is 4.95. The third-order valence-corrected chi connectivity index (χ3v) is 6.27. The first-order valence-corrected chi connectivity index (χ1v) is 9.99. The van der Waals surface area contributed by atoms with Gasteiger partial charge in [0.1, 0.15) is 0 Å². The number of nitrogens with zero attached hydrogens (tertiary/aromatic N) is 2. The molecule has 27 heavy (non-hydrogen) atoms. The molecule has 0 saturated heterocycles. The van der Waals surface area contributed by atoms with Crippen molar-refractivity contribution in [2.24, 2.45) is 0 Å². The summed E-state index contributed by atoms with van der Waals surface area (Å²) in [7, 11) is 5.57. The summed E-state index contributed by atoms with van der Waals surface area (Å²) in [6.07, 6.45) is 0. The van der Waals surface area contributed by atoms with Crippen molar-refractivity contribution in [3.63, 3.8) is 0 Å². The monoisotopic (exact) mass is 380 g/mol. The Bertz CT molecular complexity index is 1060. The van der Waals surface area contributed by atoms with Gasteiger partial charge in [-0.15, -0.1) is 11.8 Å². The fourth-order valence-electron chi connectivity index (χ4n) is 3.84. The normalized spacial score (nSPS) is 13.0. The summed E-state index contributed by atoms with van der Waals surface area (Å²) < 4.78 is 5.41. The predicted molar refractivity (Wildman–Crippen MR) is 112 cm³/mol. The third-order valence-electron chi connectivity index (χ3n) is 4.98. The highest BCUT2D eigenvalue weighted by Gasteiger charge is 2.23. The van der Waals surface area contributed by atoms with Crippen molar-refractivity contribution < 1.29 is 9.84 Å². The molecular weight excluding hydrogens is 356 g/mol. The van der Waals surface area contributed by atoms with Gasteiger partial charge < -0.3 is 14.7 Å². The molecule has 4 rings (SSSR count). The molecule has 2 aromatic carbocycles. The maximum Gasteiger partial charge on any atom is 0.163 e. The van der Waals surface area contributed by atoms with Crippen LogP contribution < -0.4 is 4.74 Å². The summed E-state index contributed by atoms with van der Waals surface area (Å²) in [5.74, 6) is 1.57. The zero-order valence-electron chi connectivity index (χ0n) is 16.4. The van der Waals surface area contributed by atoms with E-state index >= 15 is 0 Å². The summed E-state index contributed by atoms with van der Waals surface area (Å²) in [6, 6.07) is 8.50. The Kier molecular flexibility index (Phi) is 4.52. The number of phenolic OH excluding ortho intramolecular Hbond substituents is 1. The largest absolute Gasteiger partial charge is 0.504 e. The van der Waals surface area contributed by atoms with Crippen LogP contribution in [0.2, 0.25) is 0 Å². The number of aromatic hydroxyl groups is 1. The van der Waals surface area contributed by atoms with Crippen LogP contribution in [0.3, 0.4) is 0 Å². The Hall–Kier alpha value is -2.24. The molecule has 0 fully saturated rings. The molecule has 1 aromatic heterocycles. The van der Waals surface area contributed by atoms with E-state index in [9.17, 15) is 5.11 Å². The molecule has 5 heteroatoms. The van der Waals surface area contributed by atoms with Crippen molar-refractivity contribution in [1.82, 2.24) is 9.88 Å². The number of fused-ring (bicyclic) bond motifs is 4. The second kappa shape index (κ2) is 6.73. The fraction of sp³-hybridized carbons (Fsp3) is 0.318. The number of hydrogen-bond acceptors (Lipinski definition) is 5. The summed E-state index contributed by atoms with van der Waals surface area (Å²) in [5.41, 5.74) is 7.75. The van der Waals surface area contributed by atoms with E-state index < -0.39 is 0 Å². The molecule has 0 aliphatic carbocycles. The van der Waals surface area contributed by atoms with Crippen LogP contribution in [0.15, 0.2) is 29.2 Å². The molecule has 140 valence electrons. The number of thioether (sulfide) groups is 1. The van der Waals surface area contributed by atoms with E-state index in [-0.39, 0.29) is 5.75 Å². The lowest BCUT2D eigenvalue weighted by molar-refractivity contribution is 0.356. The molecule has 0 amide bonds. The third kappa shape index (κ3) is 3.05. The summed E-state index contributed by atoms with van der Waals surface area (Å²) >= 11 is 1.87. The molecule has 0 atom stereocenters. The highest BCUT2D eigenvalue weighted by atomic mass is 32.2. The highest BCUT2D eigenvalue weighted by Crippen LogP contribution is 2.45. The first-order chi connectivity index (χ1) is 12.9. The van der Waals surface area contributed by atoms with Gasteiger partial charge in [-0.1, -0.05) is 11.6 Å². The number of aryl methyl sites for hydroxylation is 2. The van der Waals surface area contributed by atoms with Crippen LogP contribution in [-0.4, -0.2) is 36.2 Å². The van der Waals surface area contributed by atoms with Crippen molar-refractivity contribution in [2.75, 3.05) is 21.2 Å². The molecule has 1 N–H and O–H groups in total. The van der Waals surface area contributed by atoms with E-state index in [1.807, 2.05) is 36.8 Å². The summed E-state index contributed by atoms with van der Waals surface area (Å²) in [6.45, 7) is 4.92. The minimum absolute atomic E-state index is 0.205. The van der Waals surface area contributed by atoms with Crippen LogP contribution >= 0.6 is 11.8 Å². The molecule has 0 unspecified atom stereocenters. The zero-order valence-corrected chi connectivity index (χ0v) is 17.2. The number of pyridine rings is 1. The lowest BCUT2D eigenvalue weighted by atomic mass is 9.97.